The second kappa shape index (κ2) is 9.32. The van der Waals surface area contributed by atoms with Gasteiger partial charge in [0.05, 0.1) is 17.1 Å². The van der Waals surface area contributed by atoms with E-state index < -0.39 is 24.5 Å². The Labute approximate surface area is 201 Å². The van der Waals surface area contributed by atoms with Crippen LogP contribution in [0.2, 0.25) is 0 Å². The van der Waals surface area contributed by atoms with Gasteiger partial charge in [0.2, 0.25) is 5.91 Å². The van der Waals surface area contributed by atoms with Crippen molar-refractivity contribution in [2.45, 2.75) is 45.1 Å². The Morgan fingerprint density at radius 3 is 2.66 bits per heavy atom. The fraction of sp³-hybridized carbons (Fsp3) is 0.308. The third-order valence-electron chi connectivity index (χ3n) is 6.40. The first-order valence-corrected chi connectivity index (χ1v) is 11.7. The minimum Gasteiger partial charge on any atom is -0.451 e. The minimum atomic E-state index is -0.678. The van der Waals surface area contributed by atoms with E-state index in [1.54, 1.807) is 48.0 Å². The lowest BCUT2D eigenvalue weighted by molar-refractivity contribution is -0.122. The number of carbonyl (C=O) groups is 3. The van der Waals surface area contributed by atoms with E-state index in [0.29, 0.717) is 23.5 Å². The molecule has 2 amide bonds. The van der Waals surface area contributed by atoms with Crippen molar-refractivity contribution in [3.63, 3.8) is 0 Å². The lowest BCUT2D eigenvalue weighted by Gasteiger charge is -2.27. The summed E-state index contributed by atoms with van der Waals surface area (Å²) in [6.07, 6.45) is 3.44. The predicted molar refractivity (Wildman–Crippen MR) is 127 cm³/mol. The second-order valence-electron chi connectivity index (χ2n) is 8.83. The van der Waals surface area contributed by atoms with Gasteiger partial charge >= 0.3 is 5.97 Å². The number of benzene rings is 2. The van der Waals surface area contributed by atoms with E-state index in [2.05, 4.69) is 10.4 Å². The van der Waals surface area contributed by atoms with Gasteiger partial charge in [-0.2, -0.15) is 5.10 Å². The molecule has 1 atom stereocenters. The molecule has 3 aromatic rings. The molecule has 1 aliphatic carbocycles. The van der Waals surface area contributed by atoms with E-state index in [1.807, 2.05) is 0 Å². The van der Waals surface area contributed by atoms with Crippen molar-refractivity contribution in [3.8, 4) is 5.69 Å². The zero-order valence-electron chi connectivity index (χ0n) is 19.3. The Kier molecular flexibility index (Phi) is 6.07. The summed E-state index contributed by atoms with van der Waals surface area (Å²) in [6, 6.07) is 12.6. The Morgan fingerprint density at radius 1 is 1.11 bits per heavy atom. The number of amides is 2. The molecule has 2 heterocycles. The summed E-state index contributed by atoms with van der Waals surface area (Å²) >= 11 is 0. The summed E-state index contributed by atoms with van der Waals surface area (Å²) in [5.41, 5.74) is 3.64. The van der Waals surface area contributed by atoms with Crippen LogP contribution in [-0.2, 0) is 27.2 Å². The summed E-state index contributed by atoms with van der Waals surface area (Å²) in [5.74, 6) is -1.65. The summed E-state index contributed by atoms with van der Waals surface area (Å²) in [5, 5.41) is 7.31. The van der Waals surface area contributed by atoms with Crippen LogP contribution in [0.1, 0.15) is 47.9 Å². The quantitative estimate of drug-likeness (QED) is 0.578. The van der Waals surface area contributed by atoms with Gasteiger partial charge in [0.25, 0.3) is 5.91 Å². The van der Waals surface area contributed by atoms with Crippen LogP contribution < -0.4 is 10.2 Å². The Balaban J connectivity index is 1.38. The van der Waals surface area contributed by atoms with Crippen molar-refractivity contribution in [1.82, 2.24) is 9.78 Å². The molecule has 2 aromatic carbocycles. The van der Waals surface area contributed by atoms with Crippen molar-refractivity contribution < 1.29 is 23.5 Å². The van der Waals surface area contributed by atoms with Crippen molar-refractivity contribution in [3.05, 3.63) is 71.3 Å². The first-order valence-electron chi connectivity index (χ1n) is 11.7. The van der Waals surface area contributed by atoms with Gasteiger partial charge in [0.15, 0.2) is 12.3 Å². The number of ether oxygens (including phenoxy) is 1. The predicted octanol–water partition coefficient (Wildman–Crippen LogP) is 3.81. The van der Waals surface area contributed by atoms with Crippen molar-refractivity contribution in [2.24, 2.45) is 0 Å². The zero-order valence-corrected chi connectivity index (χ0v) is 19.3. The van der Waals surface area contributed by atoms with Crippen molar-refractivity contribution in [2.75, 3.05) is 16.8 Å². The molecule has 1 N–H and O–H groups in total. The summed E-state index contributed by atoms with van der Waals surface area (Å²) in [4.78, 5) is 39.9. The van der Waals surface area contributed by atoms with Gasteiger partial charge in [-0.15, -0.1) is 0 Å². The number of nitrogens with one attached hydrogen (secondary N) is 1. The van der Waals surface area contributed by atoms with Crippen LogP contribution in [0.15, 0.2) is 48.5 Å². The first-order chi connectivity index (χ1) is 16.9. The third kappa shape index (κ3) is 4.41. The number of anilines is 2. The topological polar surface area (TPSA) is 93.5 Å². The molecular weight excluding hydrogens is 451 g/mol. The molecule has 180 valence electrons. The Hall–Kier alpha value is -4.01. The molecular formula is C26H25FN4O4. The molecule has 0 saturated heterocycles. The van der Waals surface area contributed by atoms with E-state index >= 15 is 0 Å². The van der Waals surface area contributed by atoms with Crippen LogP contribution in [0.5, 0.6) is 0 Å². The zero-order chi connectivity index (χ0) is 24.5. The largest absolute Gasteiger partial charge is 0.451 e. The molecule has 0 bridgehead atoms. The highest BCUT2D eigenvalue weighted by Gasteiger charge is 2.31. The fourth-order valence-electron chi connectivity index (χ4n) is 4.79. The van der Waals surface area contributed by atoms with Gasteiger partial charge in [0.1, 0.15) is 5.82 Å². The SMILES string of the molecule is CC1CC(=O)Nc2ccccc2N1C(=O)COC(=O)c1nn(-c2ccc(F)cc2)c2c1CCCC2. The molecule has 8 nitrogen and oxygen atoms in total. The molecule has 9 heteroatoms. The molecule has 2 aliphatic rings. The van der Waals surface area contributed by atoms with Gasteiger partial charge in [-0.1, -0.05) is 12.1 Å². The van der Waals surface area contributed by atoms with Crippen LogP contribution in [0, 0.1) is 5.82 Å². The highest BCUT2D eigenvalue weighted by atomic mass is 19.1. The highest BCUT2D eigenvalue weighted by Crippen LogP contribution is 2.32. The number of hydrogen-bond acceptors (Lipinski definition) is 5. The minimum absolute atomic E-state index is 0.129. The lowest BCUT2D eigenvalue weighted by Crippen LogP contribution is -2.41. The maximum Gasteiger partial charge on any atom is 0.359 e. The summed E-state index contributed by atoms with van der Waals surface area (Å²) in [6.45, 7) is 1.30. The van der Waals surface area contributed by atoms with E-state index in [4.69, 9.17) is 4.74 Å². The van der Waals surface area contributed by atoms with Crippen LogP contribution in [-0.4, -0.2) is 40.2 Å². The molecule has 0 spiro atoms. The maximum absolute atomic E-state index is 13.4. The third-order valence-corrected chi connectivity index (χ3v) is 6.40. The van der Waals surface area contributed by atoms with Crippen molar-refractivity contribution in [1.29, 1.82) is 0 Å². The Bertz CT molecular complexity index is 1300. The van der Waals surface area contributed by atoms with E-state index in [9.17, 15) is 18.8 Å². The number of fused-ring (bicyclic) bond motifs is 2. The van der Waals surface area contributed by atoms with E-state index in [1.165, 1.54) is 17.0 Å². The average Bonchev–Trinajstić information content (AvgIpc) is 3.18. The molecule has 0 saturated carbocycles. The standard InChI is InChI=1S/C26H25FN4O4/c1-16-14-23(32)28-20-7-3-5-9-22(20)30(16)24(33)15-35-26(34)25-19-6-2-4-8-21(19)31(29-25)18-12-10-17(27)11-13-18/h3,5,7,9-13,16H,2,4,6,8,14-15H2,1H3,(H,28,32). The van der Waals surface area contributed by atoms with Gasteiger partial charge in [0, 0.05) is 23.7 Å². The number of rotatable bonds is 4. The van der Waals surface area contributed by atoms with Crippen LogP contribution in [0.25, 0.3) is 5.69 Å². The number of aromatic nitrogens is 2. The number of nitrogens with zero attached hydrogens (tertiary/aromatic N) is 3. The fourth-order valence-corrected chi connectivity index (χ4v) is 4.79. The van der Waals surface area contributed by atoms with Gasteiger partial charge in [-0.3, -0.25) is 9.59 Å². The number of esters is 1. The lowest BCUT2D eigenvalue weighted by atomic mass is 9.95. The van der Waals surface area contributed by atoms with Gasteiger partial charge in [-0.05, 0) is 69.0 Å². The monoisotopic (exact) mass is 476 g/mol. The number of halogens is 1. The molecule has 35 heavy (non-hydrogen) atoms. The van der Waals surface area contributed by atoms with E-state index in [0.717, 1.165) is 30.5 Å². The normalized spacial score (nSPS) is 17.1. The number of hydrogen-bond donors (Lipinski definition) is 1. The molecule has 0 fully saturated rings. The maximum atomic E-state index is 13.4. The molecule has 1 aliphatic heterocycles. The summed E-state index contributed by atoms with van der Waals surface area (Å²) < 4.78 is 20.5. The van der Waals surface area contributed by atoms with Crippen LogP contribution in [0.4, 0.5) is 15.8 Å². The molecule has 1 aromatic heterocycles. The van der Waals surface area contributed by atoms with Crippen LogP contribution >= 0.6 is 0 Å². The molecule has 0 radical (unpaired) electrons. The summed E-state index contributed by atoms with van der Waals surface area (Å²) in [7, 11) is 0. The highest BCUT2D eigenvalue weighted by molar-refractivity contribution is 6.05. The van der Waals surface area contributed by atoms with Crippen LogP contribution in [0.3, 0.4) is 0 Å². The van der Waals surface area contributed by atoms with Gasteiger partial charge < -0.3 is 15.0 Å². The smallest absolute Gasteiger partial charge is 0.359 e. The van der Waals surface area contributed by atoms with Gasteiger partial charge in [-0.25, -0.2) is 13.9 Å². The Morgan fingerprint density at radius 2 is 1.86 bits per heavy atom. The average molecular weight is 477 g/mol. The molecule has 5 rings (SSSR count). The second-order valence-corrected chi connectivity index (χ2v) is 8.83. The first kappa shape index (κ1) is 22.8. The van der Waals surface area contributed by atoms with E-state index in [-0.39, 0.29) is 23.8 Å². The molecule has 1 unspecified atom stereocenters. The number of carbonyl (C=O) groups excluding carboxylic acids is 3. The number of para-hydroxylation sites is 2. The van der Waals surface area contributed by atoms with Crippen molar-refractivity contribution >= 4 is 29.2 Å².